The van der Waals surface area contributed by atoms with Crippen LogP contribution in [0.25, 0.3) is 0 Å². The van der Waals surface area contributed by atoms with Crippen LogP contribution in [-0.4, -0.2) is 6.54 Å². The second-order valence-electron chi connectivity index (χ2n) is 3.27. The van der Waals surface area contributed by atoms with E-state index in [1.54, 1.807) is 0 Å². The minimum Gasteiger partial charge on any atom is -0.296 e. The van der Waals surface area contributed by atoms with Crippen LogP contribution in [-0.2, 0) is 5.54 Å². The van der Waals surface area contributed by atoms with Gasteiger partial charge in [0.25, 0.3) is 0 Å². The Balaban J connectivity index is 3.01. The molecule has 1 aromatic rings. The Morgan fingerprint density at radius 1 is 1.43 bits per heavy atom. The fourth-order valence-corrected chi connectivity index (χ4v) is 1.61. The second-order valence-corrected chi connectivity index (χ2v) is 4.19. The van der Waals surface area contributed by atoms with Gasteiger partial charge in [0.2, 0.25) is 0 Å². The van der Waals surface area contributed by atoms with Crippen molar-refractivity contribution < 1.29 is 0 Å². The third-order valence-electron chi connectivity index (χ3n) is 2.18. The molecule has 0 aliphatic carbocycles. The first-order valence-corrected chi connectivity index (χ1v) is 5.34. The first-order valence-electron chi connectivity index (χ1n) is 4.54. The largest absolute Gasteiger partial charge is 0.296 e. The standard InChI is InChI=1S/C11H13BrN2/c1-3-14-11(2,8-13)9-4-6-10(12)7-5-9/h4-7,14H,3H2,1-2H3. The molecule has 0 saturated heterocycles. The topological polar surface area (TPSA) is 35.8 Å². The zero-order valence-corrected chi connectivity index (χ0v) is 9.93. The fourth-order valence-electron chi connectivity index (χ4n) is 1.34. The molecular weight excluding hydrogens is 240 g/mol. The average molecular weight is 253 g/mol. The van der Waals surface area contributed by atoms with E-state index in [-0.39, 0.29) is 0 Å². The summed E-state index contributed by atoms with van der Waals surface area (Å²) in [6.07, 6.45) is 0. The van der Waals surface area contributed by atoms with E-state index in [0.29, 0.717) is 0 Å². The summed E-state index contributed by atoms with van der Waals surface area (Å²) in [5.74, 6) is 0. The number of nitrogens with one attached hydrogen (secondary N) is 1. The first kappa shape index (κ1) is 11.2. The van der Waals surface area contributed by atoms with E-state index in [9.17, 15) is 0 Å². The molecule has 74 valence electrons. The number of rotatable bonds is 3. The van der Waals surface area contributed by atoms with E-state index in [2.05, 4.69) is 27.3 Å². The number of benzene rings is 1. The lowest BCUT2D eigenvalue weighted by molar-refractivity contribution is 0.482. The molecule has 3 heteroatoms. The van der Waals surface area contributed by atoms with E-state index in [0.717, 1.165) is 16.6 Å². The molecule has 14 heavy (non-hydrogen) atoms. The van der Waals surface area contributed by atoms with Gasteiger partial charge in [0.15, 0.2) is 0 Å². The van der Waals surface area contributed by atoms with Gasteiger partial charge in [-0.3, -0.25) is 5.32 Å². The van der Waals surface area contributed by atoms with E-state index in [4.69, 9.17) is 5.26 Å². The van der Waals surface area contributed by atoms with Gasteiger partial charge in [-0.05, 0) is 31.2 Å². The molecule has 1 unspecified atom stereocenters. The summed E-state index contributed by atoms with van der Waals surface area (Å²) in [6, 6.07) is 10.1. The lowest BCUT2D eigenvalue weighted by Gasteiger charge is -2.22. The predicted molar refractivity (Wildman–Crippen MR) is 60.8 cm³/mol. The number of hydrogen-bond donors (Lipinski definition) is 1. The van der Waals surface area contributed by atoms with Gasteiger partial charge in [-0.25, -0.2) is 0 Å². The van der Waals surface area contributed by atoms with Gasteiger partial charge >= 0.3 is 0 Å². The lowest BCUT2D eigenvalue weighted by atomic mass is 9.94. The van der Waals surface area contributed by atoms with Crippen molar-refractivity contribution in [2.45, 2.75) is 19.4 Å². The summed E-state index contributed by atoms with van der Waals surface area (Å²) >= 11 is 3.37. The molecule has 0 radical (unpaired) electrons. The molecule has 2 nitrogen and oxygen atoms in total. The van der Waals surface area contributed by atoms with Crippen molar-refractivity contribution in [2.24, 2.45) is 0 Å². The van der Waals surface area contributed by atoms with Crippen LogP contribution < -0.4 is 5.32 Å². The molecule has 0 bridgehead atoms. The molecule has 0 heterocycles. The Morgan fingerprint density at radius 2 is 2.00 bits per heavy atom. The maximum Gasteiger partial charge on any atom is 0.129 e. The predicted octanol–water partition coefficient (Wildman–Crippen LogP) is 2.80. The number of nitriles is 1. The summed E-state index contributed by atoms with van der Waals surface area (Å²) < 4.78 is 1.03. The fraction of sp³-hybridized carbons (Fsp3) is 0.364. The van der Waals surface area contributed by atoms with Crippen molar-refractivity contribution in [3.8, 4) is 6.07 Å². The second kappa shape index (κ2) is 4.59. The van der Waals surface area contributed by atoms with Crippen molar-refractivity contribution >= 4 is 15.9 Å². The molecule has 1 N–H and O–H groups in total. The summed E-state index contributed by atoms with van der Waals surface area (Å²) in [6.45, 7) is 4.66. The molecule has 0 saturated carbocycles. The van der Waals surface area contributed by atoms with Crippen LogP contribution >= 0.6 is 15.9 Å². The number of halogens is 1. The van der Waals surface area contributed by atoms with Crippen molar-refractivity contribution in [2.75, 3.05) is 6.54 Å². The Bertz CT molecular complexity index is 339. The Hall–Kier alpha value is -0.850. The van der Waals surface area contributed by atoms with Gasteiger partial charge in [0.05, 0.1) is 6.07 Å². The van der Waals surface area contributed by atoms with Crippen molar-refractivity contribution in [1.82, 2.24) is 5.32 Å². The van der Waals surface area contributed by atoms with Gasteiger partial charge in [-0.1, -0.05) is 35.0 Å². The van der Waals surface area contributed by atoms with Crippen LogP contribution in [0.2, 0.25) is 0 Å². The highest BCUT2D eigenvalue weighted by Gasteiger charge is 2.24. The molecule has 0 amide bonds. The van der Waals surface area contributed by atoms with Gasteiger partial charge in [-0.15, -0.1) is 0 Å². The van der Waals surface area contributed by atoms with Crippen LogP contribution in [0, 0.1) is 11.3 Å². The van der Waals surface area contributed by atoms with E-state index < -0.39 is 5.54 Å². The summed E-state index contributed by atoms with van der Waals surface area (Å²) in [5, 5.41) is 12.3. The number of nitrogens with zero attached hydrogens (tertiary/aromatic N) is 1. The first-order chi connectivity index (χ1) is 6.62. The Morgan fingerprint density at radius 3 is 2.43 bits per heavy atom. The average Bonchev–Trinajstić information content (AvgIpc) is 2.19. The van der Waals surface area contributed by atoms with Crippen LogP contribution in [0.5, 0.6) is 0 Å². The van der Waals surface area contributed by atoms with Crippen molar-refractivity contribution in [3.05, 3.63) is 34.3 Å². The van der Waals surface area contributed by atoms with Gasteiger partial charge in [0, 0.05) is 4.47 Å². The van der Waals surface area contributed by atoms with Crippen LogP contribution in [0.4, 0.5) is 0 Å². The highest BCUT2D eigenvalue weighted by Crippen LogP contribution is 2.21. The number of hydrogen-bond acceptors (Lipinski definition) is 2. The maximum atomic E-state index is 9.11. The van der Waals surface area contributed by atoms with E-state index in [1.165, 1.54) is 0 Å². The third-order valence-corrected chi connectivity index (χ3v) is 2.70. The van der Waals surface area contributed by atoms with Gasteiger partial charge in [0.1, 0.15) is 5.54 Å². The summed E-state index contributed by atoms with van der Waals surface area (Å²) in [4.78, 5) is 0. The maximum absolute atomic E-state index is 9.11. The van der Waals surface area contributed by atoms with E-state index >= 15 is 0 Å². The molecule has 1 atom stereocenters. The van der Waals surface area contributed by atoms with Crippen molar-refractivity contribution in [1.29, 1.82) is 5.26 Å². The molecule has 0 fully saturated rings. The smallest absolute Gasteiger partial charge is 0.129 e. The quantitative estimate of drug-likeness (QED) is 0.899. The third kappa shape index (κ3) is 2.34. The minimum atomic E-state index is -0.588. The molecule has 0 aromatic heterocycles. The van der Waals surface area contributed by atoms with Crippen molar-refractivity contribution in [3.63, 3.8) is 0 Å². The molecule has 1 aromatic carbocycles. The molecule has 0 spiro atoms. The zero-order chi connectivity index (χ0) is 10.6. The highest BCUT2D eigenvalue weighted by molar-refractivity contribution is 9.10. The Labute approximate surface area is 93.1 Å². The minimum absolute atomic E-state index is 0.588. The van der Waals surface area contributed by atoms with Gasteiger partial charge in [-0.2, -0.15) is 5.26 Å². The highest BCUT2D eigenvalue weighted by atomic mass is 79.9. The molecule has 0 aliphatic rings. The summed E-state index contributed by atoms with van der Waals surface area (Å²) in [5.41, 5.74) is 0.403. The van der Waals surface area contributed by atoms with Crippen LogP contribution in [0.3, 0.4) is 0 Å². The SMILES string of the molecule is CCNC(C)(C#N)c1ccc(Br)cc1. The van der Waals surface area contributed by atoms with E-state index in [1.807, 2.05) is 38.1 Å². The molecular formula is C11H13BrN2. The van der Waals surface area contributed by atoms with Crippen LogP contribution in [0.1, 0.15) is 19.4 Å². The van der Waals surface area contributed by atoms with Crippen LogP contribution in [0.15, 0.2) is 28.7 Å². The molecule has 0 aliphatic heterocycles. The molecule has 1 rings (SSSR count). The Kier molecular flexibility index (Phi) is 3.68. The lowest BCUT2D eigenvalue weighted by Crippen LogP contribution is -2.37. The van der Waals surface area contributed by atoms with Gasteiger partial charge < -0.3 is 0 Å². The normalized spacial score (nSPS) is 14.4. The monoisotopic (exact) mass is 252 g/mol. The zero-order valence-electron chi connectivity index (χ0n) is 8.34. The summed E-state index contributed by atoms with van der Waals surface area (Å²) in [7, 11) is 0.